The highest BCUT2D eigenvalue weighted by Gasteiger charge is 2.03. The van der Waals surface area contributed by atoms with Gasteiger partial charge in [-0.2, -0.15) is 8.75 Å². The third-order valence-electron chi connectivity index (χ3n) is 1.86. The summed E-state index contributed by atoms with van der Waals surface area (Å²) in [6, 6.07) is 4.20. The zero-order valence-corrected chi connectivity index (χ0v) is 7.65. The lowest BCUT2D eigenvalue weighted by Crippen LogP contribution is -1.62. The lowest BCUT2D eigenvalue weighted by molar-refractivity contribution is 1.61. The molecular formula is C8H4N2S2. The third-order valence-corrected chi connectivity index (χ3v) is 3.47. The van der Waals surface area contributed by atoms with E-state index in [9.17, 15) is 0 Å². The fourth-order valence-corrected chi connectivity index (χ4v) is 2.75. The molecule has 4 heteroatoms. The Bertz CT molecular complexity index is 488. The van der Waals surface area contributed by atoms with E-state index in [1.165, 1.54) is 43.2 Å². The Hall–Kier alpha value is -1.00. The van der Waals surface area contributed by atoms with Crippen molar-refractivity contribution in [2.24, 2.45) is 0 Å². The zero-order chi connectivity index (χ0) is 7.97. The Balaban J connectivity index is 2.71. The summed E-state index contributed by atoms with van der Waals surface area (Å²) in [5, 5.41) is 2.45. The summed E-state index contributed by atoms with van der Waals surface area (Å²) in [5.41, 5.74) is 0. The van der Waals surface area contributed by atoms with Crippen LogP contribution in [0.2, 0.25) is 0 Å². The van der Waals surface area contributed by atoms with Crippen LogP contribution in [-0.2, 0) is 0 Å². The standard InChI is InChI=1S/C8H4N2S2/c1-2-7-6(4-10-11-7)8-5(1)3-9-12-8/h1-4H. The van der Waals surface area contributed by atoms with Crippen LogP contribution in [0.5, 0.6) is 0 Å². The molecule has 0 aliphatic carbocycles. The van der Waals surface area contributed by atoms with Crippen LogP contribution in [0.25, 0.3) is 20.2 Å². The number of rotatable bonds is 0. The first-order valence-corrected chi connectivity index (χ1v) is 5.07. The second kappa shape index (κ2) is 2.24. The van der Waals surface area contributed by atoms with E-state index >= 15 is 0 Å². The van der Waals surface area contributed by atoms with Crippen molar-refractivity contribution in [1.82, 2.24) is 8.75 Å². The van der Waals surface area contributed by atoms with Crippen LogP contribution in [0.4, 0.5) is 0 Å². The summed E-state index contributed by atoms with van der Waals surface area (Å²) in [6.07, 6.45) is 3.82. The van der Waals surface area contributed by atoms with Crippen LogP contribution in [0.1, 0.15) is 0 Å². The third kappa shape index (κ3) is 0.735. The maximum absolute atomic E-state index is 4.15. The molecule has 0 fully saturated rings. The Labute approximate surface area is 76.8 Å². The molecule has 0 atom stereocenters. The number of fused-ring (bicyclic) bond motifs is 3. The first kappa shape index (κ1) is 6.51. The molecule has 3 rings (SSSR count). The molecule has 0 radical (unpaired) electrons. The van der Waals surface area contributed by atoms with Crippen LogP contribution in [0, 0.1) is 0 Å². The molecule has 2 heterocycles. The van der Waals surface area contributed by atoms with Gasteiger partial charge in [-0.3, -0.25) is 0 Å². The molecule has 0 saturated carbocycles. The molecule has 0 bridgehead atoms. The van der Waals surface area contributed by atoms with Crippen LogP contribution in [0.15, 0.2) is 24.5 Å². The summed E-state index contributed by atoms with van der Waals surface area (Å²) >= 11 is 3.07. The van der Waals surface area contributed by atoms with Gasteiger partial charge in [0.05, 0.1) is 15.6 Å². The smallest absolute Gasteiger partial charge is 0.0652 e. The molecule has 58 valence electrons. The largest absolute Gasteiger partial charge is 0.200 e. The van der Waals surface area contributed by atoms with Gasteiger partial charge in [0.25, 0.3) is 0 Å². The van der Waals surface area contributed by atoms with Gasteiger partial charge in [0, 0.05) is 17.0 Å². The van der Waals surface area contributed by atoms with Crippen LogP contribution in [0.3, 0.4) is 0 Å². The topological polar surface area (TPSA) is 25.8 Å². The van der Waals surface area contributed by atoms with E-state index in [1.54, 1.807) is 0 Å². The Morgan fingerprint density at radius 3 is 2.92 bits per heavy atom. The van der Waals surface area contributed by atoms with Crippen molar-refractivity contribution in [3.05, 3.63) is 24.5 Å². The van der Waals surface area contributed by atoms with Crippen molar-refractivity contribution in [3.63, 3.8) is 0 Å². The van der Waals surface area contributed by atoms with Crippen molar-refractivity contribution >= 4 is 43.2 Å². The Morgan fingerprint density at radius 2 is 1.92 bits per heavy atom. The maximum Gasteiger partial charge on any atom is 0.0652 e. The van der Waals surface area contributed by atoms with Crippen molar-refractivity contribution in [3.8, 4) is 0 Å². The van der Waals surface area contributed by atoms with Gasteiger partial charge in [0.15, 0.2) is 0 Å². The summed E-state index contributed by atoms with van der Waals surface area (Å²) in [6.45, 7) is 0. The Morgan fingerprint density at radius 1 is 1.00 bits per heavy atom. The van der Waals surface area contributed by atoms with E-state index in [0.717, 1.165) is 0 Å². The number of nitrogens with zero attached hydrogens (tertiary/aromatic N) is 2. The quantitative estimate of drug-likeness (QED) is 0.547. The van der Waals surface area contributed by atoms with Gasteiger partial charge in [0.2, 0.25) is 0 Å². The molecule has 12 heavy (non-hydrogen) atoms. The van der Waals surface area contributed by atoms with Crippen molar-refractivity contribution in [2.45, 2.75) is 0 Å². The van der Waals surface area contributed by atoms with Gasteiger partial charge in [-0.05, 0) is 29.1 Å². The predicted molar refractivity (Wildman–Crippen MR) is 52.8 cm³/mol. The average Bonchev–Trinajstić information content (AvgIpc) is 2.71. The fraction of sp³-hybridized carbons (Fsp3) is 0. The van der Waals surface area contributed by atoms with Gasteiger partial charge in [0.1, 0.15) is 0 Å². The summed E-state index contributed by atoms with van der Waals surface area (Å²) in [5.74, 6) is 0. The minimum absolute atomic E-state index is 1.22. The number of benzene rings is 1. The average molecular weight is 192 g/mol. The minimum atomic E-state index is 1.22. The number of hydrogen-bond acceptors (Lipinski definition) is 4. The maximum atomic E-state index is 4.15. The van der Waals surface area contributed by atoms with Crippen molar-refractivity contribution < 1.29 is 0 Å². The predicted octanol–water partition coefficient (Wildman–Crippen LogP) is 2.91. The van der Waals surface area contributed by atoms with Crippen LogP contribution >= 0.6 is 23.1 Å². The Kier molecular flexibility index (Phi) is 1.22. The van der Waals surface area contributed by atoms with Crippen molar-refractivity contribution in [1.29, 1.82) is 0 Å². The second-order valence-electron chi connectivity index (χ2n) is 2.55. The van der Waals surface area contributed by atoms with E-state index in [2.05, 4.69) is 20.9 Å². The minimum Gasteiger partial charge on any atom is -0.200 e. The molecule has 3 aromatic rings. The van der Waals surface area contributed by atoms with E-state index in [-0.39, 0.29) is 0 Å². The first-order chi connectivity index (χ1) is 5.95. The van der Waals surface area contributed by atoms with Crippen molar-refractivity contribution in [2.75, 3.05) is 0 Å². The van der Waals surface area contributed by atoms with E-state index in [1.807, 2.05) is 12.4 Å². The highest BCUT2D eigenvalue weighted by atomic mass is 32.1. The van der Waals surface area contributed by atoms with E-state index < -0.39 is 0 Å². The molecule has 0 spiro atoms. The monoisotopic (exact) mass is 192 g/mol. The van der Waals surface area contributed by atoms with Gasteiger partial charge in [-0.15, -0.1) is 0 Å². The molecule has 0 aliphatic heterocycles. The van der Waals surface area contributed by atoms with Gasteiger partial charge in [-0.25, -0.2) is 0 Å². The fourth-order valence-electron chi connectivity index (χ4n) is 1.28. The molecule has 2 nitrogen and oxygen atoms in total. The molecule has 1 aromatic carbocycles. The first-order valence-electron chi connectivity index (χ1n) is 3.53. The lowest BCUT2D eigenvalue weighted by atomic mass is 10.2. The zero-order valence-electron chi connectivity index (χ0n) is 6.02. The molecule has 2 aromatic heterocycles. The lowest BCUT2D eigenvalue weighted by Gasteiger charge is -1.87. The molecule has 0 saturated heterocycles. The summed E-state index contributed by atoms with van der Waals surface area (Å²) in [4.78, 5) is 0. The highest BCUT2D eigenvalue weighted by molar-refractivity contribution is 7.17. The second-order valence-corrected chi connectivity index (χ2v) is 4.18. The van der Waals surface area contributed by atoms with Gasteiger partial charge < -0.3 is 0 Å². The van der Waals surface area contributed by atoms with Crippen LogP contribution in [-0.4, -0.2) is 8.75 Å². The summed E-state index contributed by atoms with van der Waals surface area (Å²) < 4.78 is 10.8. The van der Waals surface area contributed by atoms with E-state index in [4.69, 9.17) is 0 Å². The summed E-state index contributed by atoms with van der Waals surface area (Å²) in [7, 11) is 0. The van der Waals surface area contributed by atoms with E-state index in [0.29, 0.717) is 0 Å². The number of hydrogen-bond donors (Lipinski definition) is 0. The van der Waals surface area contributed by atoms with Gasteiger partial charge >= 0.3 is 0 Å². The number of aromatic nitrogens is 2. The van der Waals surface area contributed by atoms with Crippen LogP contribution < -0.4 is 0 Å². The molecule has 0 unspecified atom stereocenters. The molecule has 0 N–H and O–H groups in total. The molecule has 0 amide bonds. The molecular weight excluding hydrogens is 188 g/mol. The SMILES string of the molecule is c1cc2sncc2c2sncc12. The normalized spacial score (nSPS) is 11.3. The highest BCUT2D eigenvalue weighted by Crippen LogP contribution is 2.29. The van der Waals surface area contributed by atoms with Gasteiger partial charge in [-0.1, -0.05) is 6.07 Å². The molecule has 0 aliphatic rings.